The van der Waals surface area contributed by atoms with Crippen LogP contribution in [0.5, 0.6) is 0 Å². The van der Waals surface area contributed by atoms with E-state index in [4.69, 9.17) is 9.47 Å². The average Bonchev–Trinajstić information content (AvgIpc) is 2.64. The maximum Gasteiger partial charge on any atom is 0.435 e. The number of benzene rings is 2. The topological polar surface area (TPSA) is 76.1 Å². The van der Waals surface area contributed by atoms with E-state index in [-0.39, 0.29) is 13.0 Å². The Kier molecular flexibility index (Phi) is 6.96. The zero-order chi connectivity index (χ0) is 19.9. The molecule has 27 heavy (non-hydrogen) atoms. The molecule has 2 rings (SSSR count). The monoisotopic (exact) mass is 371 g/mol. The summed E-state index contributed by atoms with van der Waals surface area (Å²) in [5.74, 6) is -0.712. The SMILES string of the molecule is CC(C)(C)OC(=O)N(O)C(Cc1ccccc1)C(=O)OCc1ccccc1. The summed E-state index contributed by atoms with van der Waals surface area (Å²) in [4.78, 5) is 24.8. The smallest absolute Gasteiger partial charge is 0.435 e. The summed E-state index contributed by atoms with van der Waals surface area (Å²) in [5.41, 5.74) is 0.788. The summed E-state index contributed by atoms with van der Waals surface area (Å²) in [6, 6.07) is 17.1. The van der Waals surface area contributed by atoms with Gasteiger partial charge in [0.2, 0.25) is 0 Å². The molecular formula is C21H25NO5. The molecule has 0 aliphatic carbocycles. The molecule has 2 aromatic carbocycles. The first-order valence-corrected chi connectivity index (χ1v) is 8.72. The van der Waals surface area contributed by atoms with Crippen LogP contribution in [0.1, 0.15) is 31.9 Å². The standard InChI is InChI=1S/C21H25NO5/c1-21(2,3)27-20(24)22(25)18(14-16-10-6-4-7-11-16)19(23)26-15-17-12-8-5-9-13-17/h4-13,18,25H,14-15H2,1-3H3. The van der Waals surface area contributed by atoms with E-state index >= 15 is 0 Å². The van der Waals surface area contributed by atoms with Gasteiger partial charge in [0.25, 0.3) is 0 Å². The van der Waals surface area contributed by atoms with E-state index in [9.17, 15) is 14.8 Å². The number of hydrogen-bond acceptors (Lipinski definition) is 5. The van der Waals surface area contributed by atoms with Gasteiger partial charge in [-0.05, 0) is 31.9 Å². The van der Waals surface area contributed by atoms with E-state index in [0.29, 0.717) is 5.06 Å². The fourth-order valence-corrected chi connectivity index (χ4v) is 2.37. The first-order valence-electron chi connectivity index (χ1n) is 8.72. The summed E-state index contributed by atoms with van der Waals surface area (Å²) < 4.78 is 10.5. The molecule has 1 amide bonds. The number of rotatable bonds is 6. The van der Waals surface area contributed by atoms with Crippen LogP contribution in [0.4, 0.5) is 4.79 Å². The zero-order valence-corrected chi connectivity index (χ0v) is 15.8. The molecular weight excluding hydrogens is 346 g/mol. The highest BCUT2D eigenvalue weighted by atomic mass is 16.6. The molecule has 6 nitrogen and oxygen atoms in total. The van der Waals surface area contributed by atoms with Crippen molar-refractivity contribution >= 4 is 12.1 Å². The fourth-order valence-electron chi connectivity index (χ4n) is 2.37. The van der Waals surface area contributed by atoms with Gasteiger partial charge in [-0.15, -0.1) is 0 Å². The zero-order valence-electron chi connectivity index (χ0n) is 15.8. The first-order chi connectivity index (χ1) is 12.8. The molecule has 1 atom stereocenters. The van der Waals surface area contributed by atoms with Crippen LogP contribution in [0.2, 0.25) is 0 Å². The molecule has 0 bridgehead atoms. The molecule has 144 valence electrons. The maximum absolute atomic E-state index is 12.6. The van der Waals surface area contributed by atoms with Crippen LogP contribution in [0, 0.1) is 0 Å². The van der Waals surface area contributed by atoms with Gasteiger partial charge in [-0.1, -0.05) is 60.7 Å². The molecule has 2 aromatic rings. The highest BCUT2D eigenvalue weighted by Gasteiger charge is 2.33. The molecule has 0 spiro atoms. The molecule has 0 radical (unpaired) electrons. The van der Waals surface area contributed by atoms with E-state index in [1.54, 1.807) is 32.9 Å². The van der Waals surface area contributed by atoms with Gasteiger partial charge in [-0.3, -0.25) is 5.21 Å². The van der Waals surface area contributed by atoms with Gasteiger partial charge in [0.15, 0.2) is 6.04 Å². The molecule has 0 heterocycles. The Morgan fingerprint density at radius 3 is 2.00 bits per heavy atom. The van der Waals surface area contributed by atoms with Crippen molar-refractivity contribution in [3.63, 3.8) is 0 Å². The maximum atomic E-state index is 12.6. The quantitative estimate of drug-likeness (QED) is 0.472. The van der Waals surface area contributed by atoms with E-state index in [1.807, 2.05) is 48.5 Å². The second-order valence-electron chi connectivity index (χ2n) is 7.12. The van der Waals surface area contributed by atoms with Gasteiger partial charge < -0.3 is 9.47 Å². The van der Waals surface area contributed by atoms with Crippen molar-refractivity contribution < 1.29 is 24.3 Å². The highest BCUT2D eigenvalue weighted by Crippen LogP contribution is 2.15. The Morgan fingerprint density at radius 1 is 0.963 bits per heavy atom. The third kappa shape index (κ3) is 6.75. The van der Waals surface area contributed by atoms with Gasteiger partial charge >= 0.3 is 12.1 Å². The van der Waals surface area contributed by atoms with Crippen molar-refractivity contribution in [2.75, 3.05) is 0 Å². The summed E-state index contributed by atoms with van der Waals surface area (Å²) in [6.45, 7) is 5.09. The minimum absolute atomic E-state index is 0.0487. The summed E-state index contributed by atoms with van der Waals surface area (Å²) in [6.07, 6.45) is -0.899. The molecule has 0 fully saturated rings. The van der Waals surface area contributed by atoms with Crippen LogP contribution in [0.25, 0.3) is 0 Å². The number of amides is 1. The predicted molar refractivity (Wildman–Crippen MR) is 100 cm³/mol. The van der Waals surface area contributed by atoms with E-state index in [0.717, 1.165) is 11.1 Å². The van der Waals surface area contributed by atoms with Gasteiger partial charge in [-0.25, -0.2) is 9.59 Å². The van der Waals surface area contributed by atoms with Gasteiger partial charge in [-0.2, -0.15) is 5.06 Å². The Bertz CT molecular complexity index is 740. The molecule has 6 heteroatoms. The van der Waals surface area contributed by atoms with Crippen molar-refractivity contribution in [1.29, 1.82) is 0 Å². The summed E-state index contributed by atoms with van der Waals surface area (Å²) >= 11 is 0. The fraction of sp³-hybridized carbons (Fsp3) is 0.333. The number of carbonyl (C=O) groups is 2. The summed E-state index contributed by atoms with van der Waals surface area (Å²) in [5, 5.41) is 10.6. The number of hydrogen-bond donors (Lipinski definition) is 1. The van der Waals surface area contributed by atoms with Gasteiger partial charge in [0.1, 0.15) is 12.2 Å². The van der Waals surface area contributed by atoms with Crippen molar-refractivity contribution in [2.45, 2.75) is 45.4 Å². The normalized spacial score (nSPS) is 12.1. The van der Waals surface area contributed by atoms with Crippen LogP contribution in [-0.2, 0) is 27.3 Å². The van der Waals surface area contributed by atoms with Crippen LogP contribution >= 0.6 is 0 Å². The van der Waals surface area contributed by atoms with E-state index < -0.39 is 23.7 Å². The average molecular weight is 371 g/mol. The number of hydroxylamine groups is 2. The lowest BCUT2D eigenvalue weighted by Crippen LogP contribution is -2.47. The van der Waals surface area contributed by atoms with Gasteiger partial charge in [0.05, 0.1) is 0 Å². The molecule has 1 unspecified atom stereocenters. The van der Waals surface area contributed by atoms with Crippen molar-refractivity contribution in [1.82, 2.24) is 5.06 Å². The molecule has 0 aromatic heterocycles. The highest BCUT2D eigenvalue weighted by molar-refractivity contribution is 5.81. The Labute approximate surface area is 159 Å². The lowest BCUT2D eigenvalue weighted by molar-refractivity contribution is -0.171. The third-order valence-corrected chi connectivity index (χ3v) is 3.64. The van der Waals surface area contributed by atoms with E-state index in [1.165, 1.54) is 0 Å². The largest absolute Gasteiger partial charge is 0.459 e. The van der Waals surface area contributed by atoms with Crippen molar-refractivity contribution in [3.05, 3.63) is 71.8 Å². The number of carbonyl (C=O) groups excluding carboxylic acids is 2. The first kappa shape index (κ1) is 20.5. The summed E-state index contributed by atoms with van der Waals surface area (Å²) in [7, 11) is 0. The molecule has 0 aliphatic rings. The van der Waals surface area contributed by atoms with Crippen LogP contribution in [0.15, 0.2) is 60.7 Å². The van der Waals surface area contributed by atoms with E-state index in [2.05, 4.69) is 0 Å². The molecule has 0 saturated heterocycles. The third-order valence-electron chi connectivity index (χ3n) is 3.64. The van der Waals surface area contributed by atoms with Crippen LogP contribution in [0.3, 0.4) is 0 Å². The lowest BCUT2D eigenvalue weighted by atomic mass is 10.1. The van der Waals surface area contributed by atoms with Crippen molar-refractivity contribution in [2.24, 2.45) is 0 Å². The minimum Gasteiger partial charge on any atom is -0.459 e. The molecule has 0 aliphatic heterocycles. The molecule has 0 saturated carbocycles. The minimum atomic E-state index is -1.22. The van der Waals surface area contributed by atoms with Crippen molar-refractivity contribution in [3.8, 4) is 0 Å². The number of esters is 1. The second kappa shape index (κ2) is 9.19. The Morgan fingerprint density at radius 2 is 1.48 bits per heavy atom. The molecule has 1 N–H and O–H groups in total. The lowest BCUT2D eigenvalue weighted by Gasteiger charge is -2.27. The number of ether oxygens (including phenoxy) is 2. The number of nitrogens with zero attached hydrogens (tertiary/aromatic N) is 1. The Hall–Kier alpha value is -2.86. The van der Waals surface area contributed by atoms with Crippen LogP contribution < -0.4 is 0 Å². The van der Waals surface area contributed by atoms with Crippen LogP contribution in [-0.4, -0.2) is 34.0 Å². The second-order valence-corrected chi connectivity index (χ2v) is 7.12. The Balaban J connectivity index is 2.12. The van der Waals surface area contributed by atoms with Gasteiger partial charge in [0, 0.05) is 6.42 Å². The predicted octanol–water partition coefficient (Wildman–Crippen LogP) is 3.97.